The van der Waals surface area contributed by atoms with Crippen LogP contribution in [-0.4, -0.2) is 12.7 Å². The van der Waals surface area contributed by atoms with Crippen molar-refractivity contribution in [1.82, 2.24) is 0 Å². The van der Waals surface area contributed by atoms with Crippen LogP contribution in [0.5, 0.6) is 11.5 Å². The van der Waals surface area contributed by atoms with Gasteiger partial charge in [0.15, 0.2) is 17.6 Å². The van der Waals surface area contributed by atoms with Gasteiger partial charge in [-0.1, -0.05) is 28.1 Å². The van der Waals surface area contributed by atoms with Crippen LogP contribution in [0.1, 0.15) is 15.3 Å². The Morgan fingerprint density at radius 2 is 2.05 bits per heavy atom. The van der Waals surface area contributed by atoms with Crippen LogP contribution in [0.2, 0.25) is 0 Å². The van der Waals surface area contributed by atoms with Crippen LogP contribution in [0.4, 0.5) is 0 Å². The van der Waals surface area contributed by atoms with Crippen LogP contribution in [0.3, 0.4) is 0 Å². The first-order valence-electron chi connectivity index (χ1n) is 5.93. The van der Waals surface area contributed by atoms with Crippen LogP contribution in [0.15, 0.2) is 34.1 Å². The van der Waals surface area contributed by atoms with Gasteiger partial charge in [-0.05, 0) is 46.6 Å². The van der Waals surface area contributed by atoms with Crippen LogP contribution in [0.25, 0.3) is 0 Å². The van der Waals surface area contributed by atoms with Gasteiger partial charge in [0.2, 0.25) is 0 Å². The summed E-state index contributed by atoms with van der Waals surface area (Å²) in [5.41, 5.74) is 1.25. The van der Waals surface area contributed by atoms with E-state index in [1.807, 2.05) is 24.3 Å². The summed E-state index contributed by atoms with van der Waals surface area (Å²) in [6.45, 7) is 2.65. The largest absolute Gasteiger partial charge is 0.486 e. The SMILES string of the molecule is Cc1cc(C(Br)C2COc3ccccc3O2)sc1Br. The summed E-state index contributed by atoms with van der Waals surface area (Å²) in [7, 11) is 0. The predicted molar refractivity (Wildman–Crippen MR) is 84.8 cm³/mol. The molecule has 100 valence electrons. The first kappa shape index (κ1) is 13.5. The topological polar surface area (TPSA) is 18.5 Å². The van der Waals surface area contributed by atoms with Gasteiger partial charge in [0, 0.05) is 4.88 Å². The van der Waals surface area contributed by atoms with Gasteiger partial charge >= 0.3 is 0 Å². The van der Waals surface area contributed by atoms with Gasteiger partial charge in [-0.2, -0.15) is 0 Å². The zero-order valence-electron chi connectivity index (χ0n) is 10.2. The van der Waals surface area contributed by atoms with Gasteiger partial charge < -0.3 is 9.47 Å². The van der Waals surface area contributed by atoms with Gasteiger partial charge in [-0.3, -0.25) is 0 Å². The van der Waals surface area contributed by atoms with E-state index in [1.165, 1.54) is 14.2 Å². The molecule has 0 fully saturated rings. The van der Waals surface area contributed by atoms with Crippen molar-refractivity contribution < 1.29 is 9.47 Å². The second kappa shape index (κ2) is 5.46. The molecule has 2 nitrogen and oxygen atoms in total. The zero-order valence-corrected chi connectivity index (χ0v) is 14.2. The van der Waals surface area contributed by atoms with Gasteiger partial charge in [-0.15, -0.1) is 11.3 Å². The summed E-state index contributed by atoms with van der Waals surface area (Å²) in [4.78, 5) is 1.38. The van der Waals surface area contributed by atoms with Crippen LogP contribution >= 0.6 is 43.2 Å². The molecule has 0 aliphatic carbocycles. The number of thiophene rings is 1. The molecule has 0 bridgehead atoms. The molecule has 1 aliphatic heterocycles. The number of rotatable bonds is 2. The first-order valence-corrected chi connectivity index (χ1v) is 8.46. The third-order valence-corrected chi connectivity index (χ3v) is 6.61. The fourth-order valence-electron chi connectivity index (χ4n) is 1.98. The van der Waals surface area contributed by atoms with E-state index in [1.54, 1.807) is 11.3 Å². The van der Waals surface area contributed by atoms with E-state index < -0.39 is 0 Å². The van der Waals surface area contributed by atoms with Crippen LogP contribution in [0, 0.1) is 6.92 Å². The third-order valence-electron chi connectivity index (χ3n) is 3.01. The van der Waals surface area contributed by atoms with Crippen LogP contribution in [-0.2, 0) is 0 Å². The zero-order chi connectivity index (χ0) is 13.4. The molecule has 5 heteroatoms. The molecule has 1 aromatic carbocycles. The number of alkyl halides is 1. The third kappa shape index (κ3) is 2.69. The highest BCUT2D eigenvalue weighted by molar-refractivity contribution is 9.11. The van der Waals surface area contributed by atoms with Gasteiger partial charge in [0.05, 0.1) is 8.61 Å². The maximum Gasteiger partial charge on any atom is 0.161 e. The fraction of sp³-hybridized carbons (Fsp3) is 0.286. The van der Waals surface area contributed by atoms with Crippen molar-refractivity contribution in [3.63, 3.8) is 0 Å². The lowest BCUT2D eigenvalue weighted by molar-refractivity contribution is 0.0910. The number of hydrogen-bond donors (Lipinski definition) is 0. The highest BCUT2D eigenvalue weighted by Crippen LogP contribution is 2.41. The Morgan fingerprint density at radius 1 is 1.32 bits per heavy atom. The number of halogens is 2. The molecule has 2 unspecified atom stereocenters. The van der Waals surface area contributed by atoms with Crippen LogP contribution < -0.4 is 9.47 Å². The highest BCUT2D eigenvalue weighted by atomic mass is 79.9. The molecule has 0 saturated carbocycles. The van der Waals surface area contributed by atoms with E-state index in [0.717, 1.165) is 11.5 Å². The van der Waals surface area contributed by atoms with Gasteiger partial charge in [0.1, 0.15) is 6.61 Å². The maximum atomic E-state index is 6.02. The molecule has 19 heavy (non-hydrogen) atoms. The highest BCUT2D eigenvalue weighted by Gasteiger charge is 2.29. The van der Waals surface area contributed by atoms with E-state index in [-0.39, 0.29) is 10.9 Å². The molecule has 0 spiro atoms. The molecule has 0 saturated heterocycles. The quantitative estimate of drug-likeness (QED) is 0.649. The Balaban J connectivity index is 1.81. The lowest BCUT2D eigenvalue weighted by Crippen LogP contribution is -2.32. The van der Waals surface area contributed by atoms with Crippen molar-refractivity contribution in [2.45, 2.75) is 17.9 Å². The molecule has 2 atom stereocenters. The molecule has 0 amide bonds. The van der Waals surface area contributed by atoms with Crippen molar-refractivity contribution in [3.8, 4) is 11.5 Å². The Morgan fingerprint density at radius 3 is 2.74 bits per heavy atom. The Hall–Kier alpha value is -0.520. The second-order valence-electron chi connectivity index (χ2n) is 4.42. The molecule has 1 aliphatic rings. The molecule has 0 radical (unpaired) electrons. The summed E-state index contributed by atoms with van der Waals surface area (Å²) in [5.74, 6) is 1.64. The lowest BCUT2D eigenvalue weighted by Gasteiger charge is -2.29. The van der Waals surface area contributed by atoms with E-state index in [0.29, 0.717) is 6.61 Å². The van der Waals surface area contributed by atoms with E-state index >= 15 is 0 Å². The van der Waals surface area contributed by atoms with Gasteiger partial charge in [0.25, 0.3) is 0 Å². The normalized spacial score (nSPS) is 19.2. The standard InChI is InChI=1S/C14H12Br2O2S/c1-8-6-12(19-14(8)16)13(15)11-7-17-9-4-2-3-5-10(9)18-11/h2-6,11,13H,7H2,1H3. The van der Waals surface area contributed by atoms with E-state index in [4.69, 9.17) is 9.47 Å². The van der Waals surface area contributed by atoms with Gasteiger partial charge in [-0.25, -0.2) is 0 Å². The average molecular weight is 404 g/mol. The molecule has 2 aromatic rings. The number of hydrogen-bond acceptors (Lipinski definition) is 3. The predicted octanol–water partition coefficient (Wildman–Crippen LogP) is 5.10. The molecule has 3 rings (SSSR count). The number of benzene rings is 1. The number of para-hydroxylation sites is 2. The van der Waals surface area contributed by atoms with Crippen molar-refractivity contribution in [2.24, 2.45) is 0 Å². The average Bonchev–Trinajstić information content (AvgIpc) is 2.77. The summed E-state index contributed by atoms with van der Waals surface area (Å²) in [5, 5.41) is 0. The molecule has 2 heterocycles. The summed E-state index contributed by atoms with van der Waals surface area (Å²) in [6, 6.07) is 9.96. The minimum absolute atomic E-state index is 0.0140. The van der Waals surface area contributed by atoms with Crippen molar-refractivity contribution in [2.75, 3.05) is 6.61 Å². The Kier molecular flexibility index (Phi) is 3.87. The van der Waals surface area contributed by atoms with E-state index in [9.17, 15) is 0 Å². The minimum Gasteiger partial charge on any atom is -0.486 e. The number of fused-ring (bicyclic) bond motifs is 1. The molecular formula is C14H12Br2O2S. The fourth-order valence-corrected chi connectivity index (χ4v) is 4.26. The maximum absolute atomic E-state index is 6.02. The van der Waals surface area contributed by atoms with Crippen molar-refractivity contribution >= 4 is 43.2 Å². The second-order valence-corrected chi connectivity index (χ2v) is 7.81. The molecule has 0 N–H and O–H groups in total. The van der Waals surface area contributed by atoms with Crippen molar-refractivity contribution in [1.29, 1.82) is 0 Å². The van der Waals surface area contributed by atoms with Crippen molar-refractivity contribution in [3.05, 3.63) is 44.6 Å². The smallest absolute Gasteiger partial charge is 0.161 e. The summed E-state index contributed by atoms with van der Waals surface area (Å²) in [6.07, 6.45) is -0.0140. The summed E-state index contributed by atoms with van der Waals surface area (Å²) < 4.78 is 12.9. The summed E-state index contributed by atoms with van der Waals surface area (Å²) >= 11 is 9.02. The number of aryl methyl sites for hydroxylation is 1. The number of ether oxygens (including phenoxy) is 2. The monoisotopic (exact) mass is 402 g/mol. The molecule has 1 aromatic heterocycles. The van der Waals surface area contributed by atoms with E-state index in [2.05, 4.69) is 44.8 Å². The lowest BCUT2D eigenvalue weighted by atomic mass is 10.2. The minimum atomic E-state index is -0.0140. The molecular weight excluding hydrogens is 392 g/mol. The Bertz CT molecular complexity index is 577. The first-order chi connectivity index (χ1) is 9.15. The Labute approximate surface area is 133 Å².